The molecule has 0 aliphatic rings. The molecule has 1 unspecified atom stereocenters. The van der Waals surface area contributed by atoms with E-state index in [2.05, 4.69) is 0 Å². The summed E-state index contributed by atoms with van der Waals surface area (Å²) in [6.07, 6.45) is -10.3. The second-order valence-electron chi connectivity index (χ2n) is 7.45. The molecule has 0 aliphatic heterocycles. The van der Waals surface area contributed by atoms with Crippen LogP contribution in [-0.2, 0) is 21.8 Å². The normalized spacial score (nSPS) is 14.1. The van der Waals surface area contributed by atoms with Crippen molar-refractivity contribution in [3.05, 3.63) is 95.1 Å². The minimum Gasteiger partial charge on any atom is -0.372 e. The van der Waals surface area contributed by atoms with Crippen LogP contribution in [0, 0.1) is 11.3 Å². The molecule has 0 saturated heterocycles. The van der Waals surface area contributed by atoms with Gasteiger partial charge in [0, 0.05) is 7.05 Å². The number of hydrogen-bond acceptors (Lipinski definition) is 4. The van der Waals surface area contributed by atoms with Crippen LogP contribution in [0.5, 0.6) is 0 Å². The van der Waals surface area contributed by atoms with E-state index >= 15 is 0 Å². The highest BCUT2D eigenvalue weighted by Crippen LogP contribution is 2.45. The van der Waals surface area contributed by atoms with E-state index in [0.717, 1.165) is 53.8 Å². The Bertz CT molecular complexity index is 1380. The van der Waals surface area contributed by atoms with Gasteiger partial charge in [0.25, 0.3) is 10.0 Å². The number of alkyl halides is 6. The molecule has 184 valence electrons. The molecule has 1 atom stereocenters. The van der Waals surface area contributed by atoms with Crippen LogP contribution in [0.25, 0.3) is 0 Å². The summed E-state index contributed by atoms with van der Waals surface area (Å²) in [5.74, 6) is 0. The number of rotatable bonds is 5. The van der Waals surface area contributed by atoms with E-state index in [1.54, 1.807) is 6.07 Å². The fraction of sp³-hybridized carbons (Fsp3) is 0.174. The van der Waals surface area contributed by atoms with Gasteiger partial charge in [-0.2, -0.15) is 31.6 Å². The van der Waals surface area contributed by atoms with Gasteiger partial charge in [-0.05, 0) is 53.6 Å². The zero-order chi connectivity index (χ0) is 26.2. The summed E-state index contributed by atoms with van der Waals surface area (Å²) in [5, 5.41) is 19.6. The Morgan fingerprint density at radius 3 is 1.94 bits per heavy atom. The van der Waals surface area contributed by atoms with Crippen molar-refractivity contribution in [2.24, 2.45) is 0 Å². The van der Waals surface area contributed by atoms with Crippen molar-refractivity contribution in [1.82, 2.24) is 0 Å². The molecule has 0 aliphatic carbocycles. The first-order valence-corrected chi connectivity index (χ1v) is 11.1. The highest BCUT2D eigenvalue weighted by molar-refractivity contribution is 7.92. The molecule has 0 heterocycles. The molecule has 12 heteroatoms. The first-order valence-electron chi connectivity index (χ1n) is 9.69. The molecule has 0 radical (unpaired) electrons. The largest absolute Gasteiger partial charge is 0.425 e. The Balaban J connectivity index is 2.05. The molecule has 1 N–H and O–H groups in total. The summed E-state index contributed by atoms with van der Waals surface area (Å²) in [6.45, 7) is 0. The highest BCUT2D eigenvalue weighted by Gasteiger charge is 2.56. The number of halogens is 6. The molecule has 0 aromatic heterocycles. The monoisotopic (exact) mass is 514 g/mol. The van der Waals surface area contributed by atoms with Crippen LogP contribution in [0.3, 0.4) is 0 Å². The lowest BCUT2D eigenvalue weighted by Crippen LogP contribution is -2.43. The van der Waals surface area contributed by atoms with E-state index in [-0.39, 0.29) is 22.2 Å². The molecule has 3 rings (SSSR count). The van der Waals surface area contributed by atoms with Gasteiger partial charge in [0.15, 0.2) is 0 Å². The fourth-order valence-electron chi connectivity index (χ4n) is 3.35. The van der Waals surface area contributed by atoms with Gasteiger partial charge in [-0.15, -0.1) is 0 Å². The Kier molecular flexibility index (Phi) is 6.63. The molecule has 0 spiro atoms. The SMILES string of the molecule is CN(c1ccc(C(O)(c2cccc(C(F)(F)F)c2)C(F)(F)F)cc1)S(=O)(=O)c1cccc(C#N)c1. The van der Waals surface area contributed by atoms with Crippen molar-refractivity contribution >= 4 is 15.7 Å². The van der Waals surface area contributed by atoms with E-state index in [1.165, 1.54) is 18.2 Å². The Morgan fingerprint density at radius 2 is 1.40 bits per heavy atom. The lowest BCUT2D eigenvalue weighted by Gasteiger charge is -2.32. The molecule has 0 fully saturated rings. The minimum absolute atomic E-state index is 0.0751. The maximum atomic E-state index is 14.0. The molecule has 5 nitrogen and oxygen atoms in total. The zero-order valence-electron chi connectivity index (χ0n) is 17.8. The zero-order valence-corrected chi connectivity index (χ0v) is 18.6. The number of hydrogen-bond donors (Lipinski definition) is 1. The van der Waals surface area contributed by atoms with Gasteiger partial charge < -0.3 is 5.11 Å². The van der Waals surface area contributed by atoms with Crippen molar-refractivity contribution in [3.8, 4) is 6.07 Å². The lowest BCUT2D eigenvalue weighted by atomic mass is 9.84. The third-order valence-electron chi connectivity index (χ3n) is 5.29. The molecular weight excluding hydrogens is 498 g/mol. The van der Waals surface area contributed by atoms with Crippen LogP contribution in [0.2, 0.25) is 0 Å². The third kappa shape index (κ3) is 4.82. The quantitative estimate of drug-likeness (QED) is 0.475. The van der Waals surface area contributed by atoms with Gasteiger partial charge in [-0.3, -0.25) is 4.31 Å². The Hall–Kier alpha value is -3.56. The van der Waals surface area contributed by atoms with Gasteiger partial charge in [-0.25, -0.2) is 8.42 Å². The number of nitriles is 1. The summed E-state index contributed by atoms with van der Waals surface area (Å²) in [7, 11) is -3.07. The van der Waals surface area contributed by atoms with Crippen LogP contribution in [0.4, 0.5) is 32.0 Å². The number of sulfonamides is 1. The predicted molar refractivity (Wildman–Crippen MR) is 114 cm³/mol. The van der Waals surface area contributed by atoms with E-state index < -0.39 is 44.7 Å². The number of aliphatic hydroxyl groups is 1. The van der Waals surface area contributed by atoms with Crippen LogP contribution in [0.15, 0.2) is 77.7 Å². The topological polar surface area (TPSA) is 81.4 Å². The van der Waals surface area contributed by atoms with E-state index in [4.69, 9.17) is 5.26 Å². The highest BCUT2D eigenvalue weighted by atomic mass is 32.2. The summed E-state index contributed by atoms with van der Waals surface area (Å²) in [4.78, 5) is -0.237. The van der Waals surface area contributed by atoms with Gasteiger partial charge in [0.2, 0.25) is 5.60 Å². The van der Waals surface area contributed by atoms with E-state index in [9.17, 15) is 39.9 Å². The molecule has 0 saturated carbocycles. The third-order valence-corrected chi connectivity index (χ3v) is 7.07. The molecule has 35 heavy (non-hydrogen) atoms. The fourth-order valence-corrected chi connectivity index (χ4v) is 4.59. The summed E-state index contributed by atoms with van der Waals surface area (Å²) < 4.78 is 108. The van der Waals surface area contributed by atoms with Crippen LogP contribution in [-0.4, -0.2) is 26.7 Å². The van der Waals surface area contributed by atoms with Crippen molar-refractivity contribution < 1.29 is 39.9 Å². The van der Waals surface area contributed by atoms with Crippen molar-refractivity contribution in [3.63, 3.8) is 0 Å². The number of benzene rings is 3. The first kappa shape index (κ1) is 26.1. The van der Waals surface area contributed by atoms with E-state index in [1.807, 2.05) is 0 Å². The van der Waals surface area contributed by atoms with Crippen LogP contribution < -0.4 is 4.31 Å². The number of nitrogens with zero attached hydrogens (tertiary/aromatic N) is 2. The van der Waals surface area contributed by atoms with Crippen molar-refractivity contribution in [2.75, 3.05) is 11.4 Å². The van der Waals surface area contributed by atoms with Gasteiger partial charge in [0.1, 0.15) is 0 Å². The second-order valence-corrected chi connectivity index (χ2v) is 9.42. The van der Waals surface area contributed by atoms with Gasteiger partial charge in [0.05, 0.1) is 27.8 Å². The maximum Gasteiger partial charge on any atom is 0.425 e. The average Bonchev–Trinajstić information content (AvgIpc) is 2.82. The van der Waals surface area contributed by atoms with Crippen LogP contribution in [0.1, 0.15) is 22.3 Å². The number of anilines is 1. The van der Waals surface area contributed by atoms with Gasteiger partial charge >= 0.3 is 12.4 Å². The lowest BCUT2D eigenvalue weighted by molar-refractivity contribution is -0.248. The molecule has 0 bridgehead atoms. The Labute approximate surface area is 196 Å². The van der Waals surface area contributed by atoms with Crippen molar-refractivity contribution in [2.45, 2.75) is 22.8 Å². The standard InChI is InChI=1S/C23H16F6N2O3S/c1-31(35(33,34)20-7-2-4-15(12-20)14-30)19-10-8-16(9-11-19)21(32,23(27,28)29)17-5-3-6-18(13-17)22(24,25)26/h2-13,32H,1H3. The molecule has 3 aromatic carbocycles. The summed E-state index contributed by atoms with van der Waals surface area (Å²) in [6, 6.07) is 12.6. The second kappa shape index (κ2) is 8.90. The minimum atomic E-state index is -5.41. The van der Waals surface area contributed by atoms with Crippen LogP contribution >= 0.6 is 0 Å². The first-order chi connectivity index (χ1) is 16.1. The van der Waals surface area contributed by atoms with E-state index in [0.29, 0.717) is 6.07 Å². The summed E-state index contributed by atoms with van der Waals surface area (Å²) >= 11 is 0. The van der Waals surface area contributed by atoms with Crippen molar-refractivity contribution in [1.29, 1.82) is 5.26 Å². The predicted octanol–water partition coefficient (Wildman–Crippen LogP) is 5.20. The molecule has 0 amide bonds. The smallest absolute Gasteiger partial charge is 0.372 e. The Morgan fingerprint density at radius 1 is 0.829 bits per heavy atom. The maximum absolute atomic E-state index is 14.0. The average molecular weight is 514 g/mol. The molecular formula is C23H16F6N2O3S. The summed E-state index contributed by atoms with van der Waals surface area (Å²) in [5.41, 5.74) is -7.06. The van der Waals surface area contributed by atoms with Gasteiger partial charge in [-0.1, -0.05) is 30.3 Å². The molecule has 3 aromatic rings.